The third-order valence-electron chi connectivity index (χ3n) is 3.93. The number of anilines is 3. The monoisotopic (exact) mass is 388 g/mol. The van der Waals surface area contributed by atoms with Crippen molar-refractivity contribution in [2.45, 2.75) is 19.6 Å². The molecule has 2 N–H and O–H groups in total. The Kier molecular flexibility index (Phi) is 5.67. The second kappa shape index (κ2) is 8.16. The normalized spacial score (nSPS) is 11.2. The first-order valence-corrected chi connectivity index (χ1v) is 8.50. The van der Waals surface area contributed by atoms with Gasteiger partial charge in [0.25, 0.3) is 0 Å². The molecular weight excluding hydrogens is 369 g/mol. The Morgan fingerprint density at radius 1 is 0.964 bits per heavy atom. The summed E-state index contributed by atoms with van der Waals surface area (Å²) in [6.07, 6.45) is -4.40. The van der Waals surface area contributed by atoms with Gasteiger partial charge in [0.1, 0.15) is 23.2 Å². The molecule has 0 saturated carbocycles. The number of nitrogens with one attached hydrogen (secondary N) is 2. The third kappa shape index (κ3) is 5.12. The lowest BCUT2D eigenvalue weighted by Gasteiger charge is -2.12. The molecule has 0 fully saturated rings. The molecule has 0 aliphatic heterocycles. The molecule has 0 aliphatic rings. The van der Waals surface area contributed by atoms with Crippen molar-refractivity contribution in [3.8, 4) is 5.75 Å². The minimum absolute atomic E-state index is 0.300. The molecule has 0 unspecified atom stereocenters. The van der Waals surface area contributed by atoms with Crippen LogP contribution < -0.4 is 15.4 Å². The van der Waals surface area contributed by atoms with Gasteiger partial charge in [-0.15, -0.1) is 0 Å². The average Bonchev–Trinajstić information content (AvgIpc) is 2.66. The molecule has 1 heterocycles. The molecular formula is C20H19F3N4O. The summed E-state index contributed by atoms with van der Waals surface area (Å²) in [5.74, 6) is 2.24. The maximum atomic E-state index is 12.9. The van der Waals surface area contributed by atoms with Gasteiger partial charge in [0.15, 0.2) is 0 Å². The number of aryl methyl sites for hydroxylation is 1. The summed E-state index contributed by atoms with van der Waals surface area (Å²) >= 11 is 0. The first-order valence-electron chi connectivity index (χ1n) is 8.50. The van der Waals surface area contributed by atoms with Crippen molar-refractivity contribution in [2.75, 3.05) is 17.7 Å². The Morgan fingerprint density at radius 2 is 1.68 bits per heavy atom. The highest BCUT2D eigenvalue weighted by Gasteiger charge is 2.30. The van der Waals surface area contributed by atoms with Gasteiger partial charge in [-0.25, -0.2) is 9.97 Å². The summed E-state index contributed by atoms with van der Waals surface area (Å²) in [6, 6.07) is 14.2. The van der Waals surface area contributed by atoms with Crippen molar-refractivity contribution in [1.82, 2.24) is 9.97 Å². The van der Waals surface area contributed by atoms with E-state index in [-0.39, 0.29) is 0 Å². The van der Waals surface area contributed by atoms with E-state index in [1.54, 1.807) is 26.2 Å². The van der Waals surface area contributed by atoms with Gasteiger partial charge < -0.3 is 15.4 Å². The van der Waals surface area contributed by atoms with E-state index in [0.717, 1.165) is 23.4 Å². The highest BCUT2D eigenvalue weighted by atomic mass is 19.4. The van der Waals surface area contributed by atoms with E-state index in [1.165, 1.54) is 6.07 Å². The largest absolute Gasteiger partial charge is 0.497 e. The molecule has 0 aliphatic carbocycles. The summed E-state index contributed by atoms with van der Waals surface area (Å²) in [5, 5.41) is 6.09. The average molecular weight is 388 g/mol. The van der Waals surface area contributed by atoms with E-state index >= 15 is 0 Å². The number of benzene rings is 2. The molecule has 0 saturated heterocycles. The zero-order valence-corrected chi connectivity index (χ0v) is 15.3. The van der Waals surface area contributed by atoms with Gasteiger partial charge in [-0.2, -0.15) is 13.2 Å². The van der Waals surface area contributed by atoms with E-state index in [1.807, 2.05) is 24.3 Å². The molecule has 0 bridgehead atoms. The standard InChI is InChI=1S/C20H19F3N4O/c1-13-25-18(24-12-14-6-8-17(28-2)9-7-14)11-19(26-13)27-16-5-3-4-15(10-16)20(21,22)23/h3-11H,12H2,1-2H3,(H2,24,25,26,27). The summed E-state index contributed by atoms with van der Waals surface area (Å²) in [7, 11) is 1.61. The highest BCUT2D eigenvalue weighted by Crippen LogP contribution is 2.31. The van der Waals surface area contributed by atoms with Gasteiger partial charge in [-0.1, -0.05) is 18.2 Å². The minimum atomic E-state index is -4.40. The first-order chi connectivity index (χ1) is 13.3. The lowest BCUT2D eigenvalue weighted by molar-refractivity contribution is -0.137. The van der Waals surface area contributed by atoms with Crippen molar-refractivity contribution >= 4 is 17.3 Å². The Bertz CT molecular complexity index is 943. The Morgan fingerprint density at radius 3 is 2.36 bits per heavy atom. The number of halogens is 3. The third-order valence-corrected chi connectivity index (χ3v) is 3.93. The molecule has 146 valence electrons. The molecule has 3 rings (SSSR count). The molecule has 0 radical (unpaired) electrons. The van der Waals surface area contributed by atoms with Crippen molar-refractivity contribution in [1.29, 1.82) is 0 Å². The number of ether oxygens (including phenoxy) is 1. The number of hydrogen-bond acceptors (Lipinski definition) is 5. The SMILES string of the molecule is COc1ccc(CNc2cc(Nc3cccc(C(F)(F)F)c3)nc(C)n2)cc1. The van der Waals surface area contributed by atoms with Crippen LogP contribution in [0.3, 0.4) is 0 Å². The summed E-state index contributed by atoms with van der Waals surface area (Å²) in [5.41, 5.74) is 0.611. The topological polar surface area (TPSA) is 59.1 Å². The van der Waals surface area contributed by atoms with Gasteiger partial charge in [-0.3, -0.25) is 0 Å². The van der Waals surface area contributed by atoms with Gasteiger partial charge >= 0.3 is 6.18 Å². The van der Waals surface area contributed by atoms with E-state index in [9.17, 15) is 13.2 Å². The molecule has 0 atom stereocenters. The Hall–Kier alpha value is -3.29. The fourth-order valence-corrected chi connectivity index (χ4v) is 2.58. The van der Waals surface area contributed by atoms with Gasteiger partial charge in [0, 0.05) is 18.3 Å². The van der Waals surface area contributed by atoms with Crippen LogP contribution in [-0.2, 0) is 12.7 Å². The molecule has 8 heteroatoms. The predicted octanol–water partition coefficient (Wildman–Crippen LogP) is 5.17. The summed E-state index contributed by atoms with van der Waals surface area (Å²) < 4.78 is 43.7. The minimum Gasteiger partial charge on any atom is -0.497 e. The molecule has 0 amide bonds. The van der Waals surface area contributed by atoms with Crippen molar-refractivity contribution in [2.24, 2.45) is 0 Å². The van der Waals surface area contributed by atoms with Crippen LogP contribution in [0.1, 0.15) is 17.0 Å². The molecule has 28 heavy (non-hydrogen) atoms. The first kappa shape index (κ1) is 19.5. The molecule has 5 nitrogen and oxygen atoms in total. The number of aromatic nitrogens is 2. The second-order valence-corrected chi connectivity index (χ2v) is 6.09. The summed E-state index contributed by atoms with van der Waals surface area (Å²) in [6.45, 7) is 2.25. The number of nitrogens with zero attached hydrogens (tertiary/aromatic N) is 2. The Labute approximate surface area is 160 Å². The molecule has 3 aromatic rings. The van der Waals surface area contributed by atoms with E-state index < -0.39 is 11.7 Å². The van der Waals surface area contributed by atoms with Gasteiger partial charge in [0.05, 0.1) is 12.7 Å². The van der Waals surface area contributed by atoms with Crippen molar-refractivity contribution < 1.29 is 17.9 Å². The van der Waals surface area contributed by atoms with Crippen LogP contribution in [0.4, 0.5) is 30.5 Å². The molecule has 0 spiro atoms. The van der Waals surface area contributed by atoms with E-state index in [2.05, 4.69) is 20.6 Å². The summed E-state index contributed by atoms with van der Waals surface area (Å²) in [4.78, 5) is 8.55. The van der Waals surface area contributed by atoms with E-state index in [4.69, 9.17) is 4.74 Å². The number of methoxy groups -OCH3 is 1. The Balaban J connectivity index is 1.72. The maximum absolute atomic E-state index is 12.9. The number of hydrogen-bond donors (Lipinski definition) is 2. The van der Waals surface area contributed by atoms with Gasteiger partial charge in [0.2, 0.25) is 0 Å². The number of rotatable bonds is 6. The van der Waals surface area contributed by atoms with Gasteiger partial charge in [-0.05, 0) is 42.8 Å². The highest BCUT2D eigenvalue weighted by molar-refractivity contribution is 5.60. The van der Waals surface area contributed by atoms with E-state index in [0.29, 0.717) is 29.7 Å². The maximum Gasteiger partial charge on any atom is 0.416 e. The zero-order chi connectivity index (χ0) is 20.1. The van der Waals surface area contributed by atoms with Crippen LogP contribution in [0, 0.1) is 6.92 Å². The van der Waals surface area contributed by atoms with Crippen molar-refractivity contribution in [3.05, 3.63) is 71.5 Å². The fourth-order valence-electron chi connectivity index (χ4n) is 2.58. The van der Waals surface area contributed by atoms with Crippen LogP contribution >= 0.6 is 0 Å². The smallest absolute Gasteiger partial charge is 0.416 e. The number of alkyl halides is 3. The van der Waals surface area contributed by atoms with Crippen LogP contribution in [-0.4, -0.2) is 17.1 Å². The van der Waals surface area contributed by atoms with Crippen LogP contribution in [0.2, 0.25) is 0 Å². The van der Waals surface area contributed by atoms with Crippen LogP contribution in [0.15, 0.2) is 54.6 Å². The lowest BCUT2D eigenvalue weighted by atomic mass is 10.2. The van der Waals surface area contributed by atoms with Crippen molar-refractivity contribution in [3.63, 3.8) is 0 Å². The molecule has 2 aromatic carbocycles. The molecule has 1 aromatic heterocycles. The fraction of sp³-hybridized carbons (Fsp3) is 0.200. The van der Waals surface area contributed by atoms with Crippen LogP contribution in [0.5, 0.6) is 5.75 Å². The lowest BCUT2D eigenvalue weighted by Crippen LogP contribution is -2.07. The predicted molar refractivity (Wildman–Crippen MR) is 102 cm³/mol. The zero-order valence-electron chi connectivity index (χ0n) is 15.3. The van der Waals surface area contributed by atoms with Crippen LogP contribution in [0.25, 0.3) is 0 Å². The quantitative estimate of drug-likeness (QED) is 0.610. The second-order valence-electron chi connectivity index (χ2n) is 6.09.